The number of likely N-dealkylation sites (tertiary alicyclic amines) is 1. The second-order valence-electron chi connectivity index (χ2n) is 3.56. The van der Waals surface area contributed by atoms with Crippen LogP contribution in [0.2, 0.25) is 0 Å². The zero-order valence-corrected chi connectivity index (χ0v) is 9.15. The first-order valence-electron chi connectivity index (χ1n) is 11.7. The topological polar surface area (TPSA) is 41.9 Å². The van der Waals surface area contributed by atoms with Crippen molar-refractivity contribution in [2.24, 2.45) is 0 Å². The Morgan fingerprint density at radius 2 is 2.39 bits per heavy atom. The fraction of sp³-hybridized carbons (Fsp3) is 0.571. The molecular weight excluding hydrogens is 230 g/mol. The average molecular weight is 262 g/mol. The molecule has 1 aromatic carbocycles. The van der Waals surface area contributed by atoms with Crippen LogP contribution in [-0.4, -0.2) is 42.3 Å². The van der Waals surface area contributed by atoms with Crippen LogP contribution >= 0.6 is 0 Å². The van der Waals surface area contributed by atoms with Crippen LogP contribution in [0.15, 0.2) is 18.2 Å². The molecule has 4 nitrogen and oxygen atoms in total. The van der Waals surface area contributed by atoms with Gasteiger partial charge in [0.25, 0.3) is 0 Å². The minimum atomic E-state index is -3.88. The van der Waals surface area contributed by atoms with Gasteiger partial charge >= 0.3 is 0 Å². The Morgan fingerprint density at radius 1 is 1.50 bits per heavy atom. The number of β-amino-alcohol motifs (C(OH)–C–C–N with tert-alkyl or cyclic N) is 1. The lowest BCUT2D eigenvalue weighted by atomic mass is 10.1. The van der Waals surface area contributed by atoms with Crippen molar-refractivity contribution in [3.8, 4) is 11.5 Å². The van der Waals surface area contributed by atoms with Crippen molar-refractivity contribution in [2.75, 3.05) is 26.2 Å². The number of rotatable bonds is 3. The molecule has 98 valence electrons. The van der Waals surface area contributed by atoms with Gasteiger partial charge in [0.15, 0.2) is 11.5 Å². The molecule has 0 amide bonds. The molecule has 4 heteroatoms. The zero-order chi connectivity index (χ0) is 24.1. The minimum Gasteiger partial charge on any atom is -0.454 e. The second kappa shape index (κ2) is 5.16. The van der Waals surface area contributed by atoms with Gasteiger partial charge in [0, 0.05) is 26.7 Å². The molecule has 2 aliphatic heterocycles. The smallest absolute Gasteiger partial charge is 0.231 e. The van der Waals surface area contributed by atoms with Gasteiger partial charge in [-0.15, -0.1) is 0 Å². The van der Waals surface area contributed by atoms with Crippen molar-refractivity contribution in [3.63, 3.8) is 0 Å². The van der Waals surface area contributed by atoms with Crippen LogP contribution in [0.1, 0.15) is 36.1 Å². The molecule has 0 spiro atoms. The van der Waals surface area contributed by atoms with Crippen molar-refractivity contribution in [3.05, 3.63) is 23.8 Å². The van der Waals surface area contributed by atoms with Gasteiger partial charge in [0.2, 0.25) is 6.75 Å². The highest BCUT2D eigenvalue weighted by atomic mass is 16.7. The van der Waals surface area contributed by atoms with Crippen molar-refractivity contribution < 1.29 is 32.4 Å². The van der Waals surface area contributed by atoms with Crippen LogP contribution in [0.5, 0.6) is 11.5 Å². The van der Waals surface area contributed by atoms with E-state index in [4.69, 9.17) is 27.3 Å². The first-order chi connectivity index (χ1) is 13.6. The third-order valence-corrected chi connectivity index (χ3v) is 2.32. The molecule has 3 rings (SSSR count). The highest BCUT2D eigenvalue weighted by molar-refractivity contribution is 5.44. The lowest BCUT2D eigenvalue weighted by Crippen LogP contribution is -2.39. The lowest BCUT2D eigenvalue weighted by molar-refractivity contribution is 0.0714. The van der Waals surface area contributed by atoms with Crippen LogP contribution in [0.4, 0.5) is 0 Å². The quantitative estimate of drug-likeness (QED) is 0.894. The number of benzene rings is 1. The van der Waals surface area contributed by atoms with E-state index in [0.29, 0.717) is 0 Å². The second-order valence-corrected chi connectivity index (χ2v) is 3.56. The summed E-state index contributed by atoms with van der Waals surface area (Å²) in [4.78, 5) is -0.300. The van der Waals surface area contributed by atoms with Crippen molar-refractivity contribution >= 4 is 0 Å². The van der Waals surface area contributed by atoms with Gasteiger partial charge < -0.3 is 19.5 Å². The number of fused-ring (bicyclic) bond motifs is 1. The Labute approximate surface area is 125 Å². The van der Waals surface area contributed by atoms with Gasteiger partial charge in [-0.2, -0.15) is 0 Å². The maximum absolute atomic E-state index is 10.3. The van der Waals surface area contributed by atoms with E-state index >= 15 is 0 Å². The average Bonchev–Trinajstić information content (AvgIpc) is 2.84. The number of hydrogen-bond donors (Lipinski definition) is 1. The van der Waals surface area contributed by atoms with E-state index in [1.807, 2.05) is 0 Å². The normalized spacial score (nSPS) is 52.8. The number of hydrogen-bond acceptors (Lipinski definition) is 4. The van der Waals surface area contributed by atoms with Crippen LogP contribution in [0.3, 0.4) is 0 Å². The Balaban J connectivity index is 2.06. The minimum absolute atomic E-state index is 0.0167. The highest BCUT2D eigenvalue weighted by Crippen LogP contribution is 2.32. The van der Waals surface area contributed by atoms with E-state index in [0.717, 1.165) is 0 Å². The fourth-order valence-corrected chi connectivity index (χ4v) is 1.49. The summed E-state index contributed by atoms with van der Waals surface area (Å²) in [5.41, 5.74) is 0.0549. The van der Waals surface area contributed by atoms with Crippen LogP contribution in [0, 0.1) is 0 Å². The molecule has 0 aromatic heterocycles. The molecule has 1 atom stereocenters. The van der Waals surface area contributed by atoms with E-state index in [1.165, 1.54) is 18.2 Å². The van der Waals surface area contributed by atoms with Crippen molar-refractivity contribution in [1.29, 1.82) is 0 Å². The van der Waals surface area contributed by atoms with E-state index in [1.54, 1.807) is 0 Å². The molecule has 18 heavy (non-hydrogen) atoms. The molecule has 0 saturated carbocycles. The standard InChI is InChI=1S/C14H19NO3/c16-12-2-1-6-15(9-12)7-5-11-3-4-13-14(8-11)18-10-17-13/h3-4,8,12,16H,1-2,5-7,9-10H2/t12-/m1/s1/i1D2,2D2,6D2,7D2,9D2,10D2,12D. The number of aryl methyl sites for hydroxylation is 1. The molecule has 2 aliphatic rings. The van der Waals surface area contributed by atoms with Gasteiger partial charge in [-0.3, -0.25) is 0 Å². The summed E-state index contributed by atoms with van der Waals surface area (Å²) in [6, 6.07) is 3.70. The Bertz CT molecular complexity index is 871. The number of aliphatic hydroxyl groups is 1. The number of piperidine rings is 1. The Hall–Kier alpha value is -1.26. The monoisotopic (exact) mass is 262 g/mol. The van der Waals surface area contributed by atoms with E-state index in [9.17, 15) is 5.11 Å². The van der Waals surface area contributed by atoms with Gasteiger partial charge in [0.1, 0.15) is 2.74 Å². The zero-order valence-electron chi connectivity index (χ0n) is 22.2. The predicted octanol–water partition coefficient (Wildman–Crippen LogP) is 1.41. The maximum Gasteiger partial charge on any atom is 0.231 e. The number of nitrogens with zero attached hydrogens (tertiary/aromatic N) is 1. The summed E-state index contributed by atoms with van der Waals surface area (Å²) in [5, 5.41) is 10.3. The predicted molar refractivity (Wildman–Crippen MR) is 67.9 cm³/mol. The summed E-state index contributed by atoms with van der Waals surface area (Å²) < 4.78 is 113. The first kappa shape index (κ1) is 4.12. The molecule has 0 bridgehead atoms. The molecule has 2 heterocycles. The van der Waals surface area contributed by atoms with Gasteiger partial charge in [0.05, 0.1) is 7.45 Å². The molecule has 0 aliphatic carbocycles. The first-order valence-corrected chi connectivity index (χ1v) is 5.16. The molecule has 0 unspecified atom stereocenters. The molecule has 0 radical (unpaired) electrons. The van der Waals surface area contributed by atoms with Crippen LogP contribution in [-0.2, 0) is 6.42 Å². The van der Waals surface area contributed by atoms with E-state index in [-0.39, 0.29) is 22.0 Å². The Morgan fingerprint density at radius 3 is 3.33 bits per heavy atom. The molecule has 1 fully saturated rings. The van der Waals surface area contributed by atoms with Crippen molar-refractivity contribution in [2.45, 2.75) is 25.2 Å². The largest absolute Gasteiger partial charge is 0.454 e. The van der Waals surface area contributed by atoms with Gasteiger partial charge in [-0.25, -0.2) is 0 Å². The third kappa shape index (κ3) is 2.60. The summed E-state index contributed by atoms with van der Waals surface area (Å²) in [6.07, 6.45) is -12.1. The Kier molecular flexibility index (Phi) is 1.18. The molecule has 1 saturated heterocycles. The molecule has 1 aromatic rings. The summed E-state index contributed by atoms with van der Waals surface area (Å²) >= 11 is 0. The maximum atomic E-state index is 10.3. The van der Waals surface area contributed by atoms with E-state index < -0.39 is 51.5 Å². The van der Waals surface area contributed by atoms with Crippen LogP contribution in [0.25, 0.3) is 0 Å². The third-order valence-electron chi connectivity index (χ3n) is 2.32. The fourth-order valence-electron chi connectivity index (χ4n) is 1.49. The van der Waals surface area contributed by atoms with Gasteiger partial charge in [-0.05, 0) is 43.4 Å². The summed E-state index contributed by atoms with van der Waals surface area (Å²) in [5.74, 6) is -0.0744. The molecular formula is C14H19NO3. The van der Waals surface area contributed by atoms with Crippen LogP contribution < -0.4 is 9.47 Å². The van der Waals surface area contributed by atoms with Gasteiger partial charge in [-0.1, -0.05) is 6.07 Å². The SMILES string of the molecule is [2H]C1([2H])Oc2ccc(CC([2H])([2H])N3C([2H])([2H])C([2H])([2H])C([2H])([2H])[C@@]([2H])(O)C3([2H])[2H])cc2O1. The number of ether oxygens (including phenoxy) is 2. The summed E-state index contributed by atoms with van der Waals surface area (Å²) in [7, 11) is 0. The van der Waals surface area contributed by atoms with E-state index in [2.05, 4.69) is 0 Å². The lowest BCUT2D eigenvalue weighted by Gasteiger charge is -2.29. The highest BCUT2D eigenvalue weighted by Gasteiger charge is 2.18. The van der Waals surface area contributed by atoms with Crippen molar-refractivity contribution in [1.82, 2.24) is 4.90 Å². The summed E-state index contributed by atoms with van der Waals surface area (Å²) in [6.45, 7) is -12.9. The molecule has 1 N–H and O–H groups in total.